The Hall–Kier alpha value is -1.59. The zero-order valence-electron chi connectivity index (χ0n) is 12.7. The number of ether oxygens (including phenoxy) is 1. The molecule has 1 saturated heterocycles. The first-order valence-corrected chi connectivity index (χ1v) is 7.43. The molecule has 1 aliphatic rings. The highest BCUT2D eigenvalue weighted by atomic mass is 16.5. The lowest BCUT2D eigenvalue weighted by Crippen LogP contribution is -2.42. The molecule has 0 aromatic heterocycles. The molecular weight excluding hydrogens is 268 g/mol. The molecule has 0 spiro atoms. The second kappa shape index (κ2) is 7.43. The van der Waals surface area contributed by atoms with Crippen molar-refractivity contribution in [2.24, 2.45) is 11.1 Å². The third-order valence-corrected chi connectivity index (χ3v) is 4.16. The van der Waals surface area contributed by atoms with Gasteiger partial charge in [0.25, 0.3) is 0 Å². The van der Waals surface area contributed by atoms with Crippen molar-refractivity contribution in [3.05, 3.63) is 29.8 Å². The van der Waals surface area contributed by atoms with Gasteiger partial charge < -0.3 is 15.1 Å². The van der Waals surface area contributed by atoms with E-state index in [1.807, 2.05) is 24.3 Å². The smallest absolute Gasteiger partial charge is 0.119 e. The molecule has 2 rings (SSSR count). The Morgan fingerprint density at radius 3 is 2.95 bits per heavy atom. The van der Waals surface area contributed by atoms with Gasteiger partial charge in [-0.2, -0.15) is 0 Å². The first kappa shape index (κ1) is 15.8. The van der Waals surface area contributed by atoms with Crippen molar-refractivity contribution in [3.63, 3.8) is 0 Å². The lowest BCUT2D eigenvalue weighted by molar-refractivity contribution is 0.103. The number of hydrogen-bond acceptors (Lipinski definition) is 5. The quantitative estimate of drug-likeness (QED) is 0.645. The third kappa shape index (κ3) is 3.95. The summed E-state index contributed by atoms with van der Waals surface area (Å²) in [5.74, 6) is 1.03. The van der Waals surface area contributed by atoms with Crippen LogP contribution in [0.5, 0.6) is 5.75 Å². The Balaban J connectivity index is 1.98. The fraction of sp³-hybridized carbons (Fsp3) is 0.562. The zero-order chi connectivity index (χ0) is 15.2. The van der Waals surface area contributed by atoms with E-state index >= 15 is 0 Å². The Morgan fingerprint density at radius 1 is 1.48 bits per heavy atom. The monoisotopic (exact) mass is 292 g/mol. The van der Waals surface area contributed by atoms with Crippen LogP contribution in [0.2, 0.25) is 0 Å². The van der Waals surface area contributed by atoms with Crippen molar-refractivity contribution >= 4 is 5.71 Å². The van der Waals surface area contributed by atoms with Crippen LogP contribution in [-0.2, 0) is 0 Å². The zero-order valence-corrected chi connectivity index (χ0v) is 12.7. The first-order valence-electron chi connectivity index (χ1n) is 7.43. The second-order valence-electron chi connectivity index (χ2n) is 5.50. The van der Waals surface area contributed by atoms with Crippen molar-refractivity contribution in [3.8, 4) is 5.75 Å². The van der Waals surface area contributed by atoms with Gasteiger partial charge in [0, 0.05) is 32.0 Å². The molecule has 1 heterocycles. The van der Waals surface area contributed by atoms with Gasteiger partial charge in [-0.25, -0.2) is 0 Å². The van der Waals surface area contributed by atoms with E-state index in [9.17, 15) is 5.11 Å². The van der Waals surface area contributed by atoms with Crippen LogP contribution in [0.15, 0.2) is 29.4 Å². The molecule has 5 nitrogen and oxygen atoms in total. The maximum Gasteiger partial charge on any atom is 0.119 e. The van der Waals surface area contributed by atoms with Gasteiger partial charge in [0.15, 0.2) is 0 Å². The summed E-state index contributed by atoms with van der Waals surface area (Å²) in [5, 5.41) is 22.8. The fourth-order valence-electron chi connectivity index (χ4n) is 2.85. The molecule has 0 radical (unpaired) electrons. The molecule has 1 aromatic rings. The van der Waals surface area contributed by atoms with Crippen LogP contribution < -0.4 is 4.74 Å². The van der Waals surface area contributed by atoms with Crippen LogP contribution in [0.4, 0.5) is 0 Å². The number of benzene rings is 1. The minimum atomic E-state index is -0.537. The molecule has 1 aromatic carbocycles. The predicted molar refractivity (Wildman–Crippen MR) is 82.0 cm³/mol. The molecule has 2 unspecified atom stereocenters. The number of piperidine rings is 1. The molecule has 1 fully saturated rings. The van der Waals surface area contributed by atoms with E-state index in [2.05, 4.69) is 17.0 Å². The number of likely N-dealkylation sites (tertiary alicyclic amines) is 1. The van der Waals surface area contributed by atoms with E-state index in [1.54, 1.807) is 7.11 Å². The van der Waals surface area contributed by atoms with Crippen LogP contribution in [0.25, 0.3) is 0 Å². The van der Waals surface area contributed by atoms with Crippen LogP contribution in [0.3, 0.4) is 0 Å². The van der Waals surface area contributed by atoms with Crippen molar-refractivity contribution in [1.82, 2.24) is 4.90 Å². The van der Waals surface area contributed by atoms with Crippen LogP contribution >= 0.6 is 0 Å². The number of rotatable bonds is 5. The van der Waals surface area contributed by atoms with Gasteiger partial charge in [0.2, 0.25) is 0 Å². The number of nitrogens with zero attached hydrogens (tertiary/aromatic N) is 2. The summed E-state index contributed by atoms with van der Waals surface area (Å²) in [6.07, 6.45) is 1.18. The number of methoxy groups -OCH3 is 1. The standard InChI is InChI=1S/C16H24N2O3/c1-3-12-10-18(8-7-15(12)17-20)11-16(19)13-5-4-6-14(9-13)21-2/h4-6,9,12,16,19-20H,3,7-8,10-11H2,1-2H3/b17-15+. The Kier molecular flexibility index (Phi) is 5.59. The van der Waals surface area contributed by atoms with Crippen LogP contribution in [-0.4, -0.2) is 47.7 Å². The maximum absolute atomic E-state index is 10.4. The van der Waals surface area contributed by atoms with Gasteiger partial charge in [0.05, 0.1) is 18.9 Å². The Morgan fingerprint density at radius 2 is 2.29 bits per heavy atom. The summed E-state index contributed by atoms with van der Waals surface area (Å²) < 4.78 is 5.19. The van der Waals surface area contributed by atoms with E-state index < -0.39 is 6.10 Å². The molecule has 2 atom stereocenters. The van der Waals surface area contributed by atoms with Gasteiger partial charge in [-0.15, -0.1) is 0 Å². The van der Waals surface area contributed by atoms with Gasteiger partial charge >= 0.3 is 0 Å². The van der Waals surface area contributed by atoms with E-state index in [-0.39, 0.29) is 5.92 Å². The van der Waals surface area contributed by atoms with Crippen molar-refractivity contribution in [1.29, 1.82) is 0 Å². The second-order valence-corrected chi connectivity index (χ2v) is 5.50. The number of hydrogen-bond donors (Lipinski definition) is 2. The number of aliphatic hydroxyl groups is 1. The normalized spacial score (nSPS) is 23.2. The maximum atomic E-state index is 10.4. The topological polar surface area (TPSA) is 65.3 Å². The highest BCUT2D eigenvalue weighted by Crippen LogP contribution is 2.23. The summed E-state index contributed by atoms with van der Waals surface area (Å²) in [4.78, 5) is 2.23. The van der Waals surface area contributed by atoms with E-state index in [0.29, 0.717) is 6.54 Å². The molecule has 2 N–H and O–H groups in total. The van der Waals surface area contributed by atoms with Gasteiger partial charge in [0.1, 0.15) is 5.75 Å². The Bertz CT molecular complexity index is 490. The van der Waals surface area contributed by atoms with Crippen molar-refractivity contribution in [2.45, 2.75) is 25.9 Å². The molecule has 0 amide bonds. The summed E-state index contributed by atoms with van der Waals surface area (Å²) in [7, 11) is 1.62. The average Bonchev–Trinajstić information content (AvgIpc) is 2.54. The number of β-amino-alcohol motifs (C(OH)–C–C–N with tert-alkyl or cyclic N) is 1. The lowest BCUT2D eigenvalue weighted by atomic mass is 9.93. The van der Waals surface area contributed by atoms with Crippen LogP contribution in [0, 0.1) is 5.92 Å². The molecular formula is C16H24N2O3. The number of oxime groups is 1. The van der Waals surface area contributed by atoms with E-state index in [0.717, 1.165) is 43.0 Å². The summed E-state index contributed by atoms with van der Waals surface area (Å²) >= 11 is 0. The SMILES string of the molecule is CCC1CN(CC(O)c2cccc(OC)c2)CC/C1=N\O. The molecule has 5 heteroatoms. The third-order valence-electron chi connectivity index (χ3n) is 4.16. The Labute approximate surface area is 125 Å². The molecule has 0 bridgehead atoms. The van der Waals surface area contributed by atoms with Gasteiger partial charge in [-0.05, 0) is 24.1 Å². The molecule has 0 saturated carbocycles. The minimum Gasteiger partial charge on any atom is -0.497 e. The van der Waals surface area contributed by atoms with Crippen molar-refractivity contribution < 1.29 is 15.1 Å². The van der Waals surface area contributed by atoms with Gasteiger partial charge in [-0.1, -0.05) is 24.2 Å². The minimum absolute atomic E-state index is 0.279. The molecule has 116 valence electrons. The summed E-state index contributed by atoms with van der Waals surface area (Å²) in [5.41, 5.74) is 1.74. The van der Waals surface area contributed by atoms with Gasteiger partial charge in [-0.3, -0.25) is 4.90 Å². The van der Waals surface area contributed by atoms with Crippen molar-refractivity contribution in [2.75, 3.05) is 26.7 Å². The largest absolute Gasteiger partial charge is 0.497 e. The molecule has 1 aliphatic heterocycles. The molecule has 0 aliphatic carbocycles. The predicted octanol–water partition coefficient (Wildman–Crippen LogP) is 2.29. The highest BCUT2D eigenvalue weighted by molar-refractivity contribution is 5.87. The highest BCUT2D eigenvalue weighted by Gasteiger charge is 2.26. The fourth-order valence-corrected chi connectivity index (χ4v) is 2.85. The van der Waals surface area contributed by atoms with Crippen LogP contribution in [0.1, 0.15) is 31.4 Å². The van der Waals surface area contributed by atoms with E-state index in [1.165, 1.54) is 0 Å². The summed E-state index contributed by atoms with van der Waals surface area (Å²) in [6, 6.07) is 7.54. The number of aliphatic hydroxyl groups excluding tert-OH is 1. The summed E-state index contributed by atoms with van der Waals surface area (Å²) in [6.45, 7) is 4.33. The van der Waals surface area contributed by atoms with E-state index in [4.69, 9.17) is 9.94 Å². The molecule has 21 heavy (non-hydrogen) atoms. The average molecular weight is 292 g/mol. The lowest BCUT2D eigenvalue weighted by Gasteiger charge is -2.34. The first-order chi connectivity index (χ1) is 10.2.